The molecule has 0 spiro atoms. The second kappa shape index (κ2) is 7.65. The molecule has 0 bridgehead atoms. The van der Waals surface area contributed by atoms with Crippen LogP contribution in [0.5, 0.6) is 5.75 Å². The number of esters is 1. The zero-order chi connectivity index (χ0) is 19.4. The second-order valence-electron chi connectivity index (χ2n) is 5.53. The van der Waals surface area contributed by atoms with Crippen LogP contribution in [0.2, 0.25) is 0 Å². The number of rotatable bonds is 6. The molecule has 1 atom stereocenters. The molecule has 0 aliphatic rings. The van der Waals surface area contributed by atoms with Crippen molar-refractivity contribution in [3.8, 4) is 17.2 Å². The van der Waals surface area contributed by atoms with E-state index in [0.29, 0.717) is 11.3 Å². The first kappa shape index (κ1) is 18.1. The Hall–Kier alpha value is -3.75. The van der Waals surface area contributed by atoms with E-state index in [1.807, 2.05) is 0 Å². The number of ether oxygens (including phenoxy) is 2. The Balaban J connectivity index is 1.72. The van der Waals surface area contributed by atoms with E-state index >= 15 is 0 Å². The average molecular weight is 369 g/mol. The minimum atomic E-state index is -0.823. The first-order chi connectivity index (χ1) is 13.0. The molecule has 1 aromatic heterocycles. The van der Waals surface area contributed by atoms with Crippen molar-refractivity contribution in [1.82, 2.24) is 10.2 Å². The quantitative estimate of drug-likeness (QED) is 0.368. The Morgan fingerprint density at radius 3 is 2.59 bits per heavy atom. The van der Waals surface area contributed by atoms with E-state index < -0.39 is 17.0 Å². The largest absolute Gasteiger partial charge is 0.497 e. The highest BCUT2D eigenvalue weighted by molar-refractivity contribution is 5.90. The van der Waals surface area contributed by atoms with Gasteiger partial charge in [-0.05, 0) is 37.3 Å². The van der Waals surface area contributed by atoms with Crippen LogP contribution < -0.4 is 4.74 Å². The van der Waals surface area contributed by atoms with Gasteiger partial charge in [0, 0.05) is 17.7 Å². The van der Waals surface area contributed by atoms with Crippen molar-refractivity contribution in [2.75, 3.05) is 7.11 Å². The highest BCUT2D eigenvalue weighted by atomic mass is 16.6. The third-order valence-electron chi connectivity index (χ3n) is 3.70. The Bertz CT molecular complexity index is 967. The summed E-state index contributed by atoms with van der Waals surface area (Å²) >= 11 is 0. The molecule has 0 saturated carbocycles. The number of nitro benzene ring substituents is 1. The van der Waals surface area contributed by atoms with Gasteiger partial charge >= 0.3 is 5.97 Å². The van der Waals surface area contributed by atoms with E-state index in [9.17, 15) is 14.9 Å². The number of benzene rings is 2. The summed E-state index contributed by atoms with van der Waals surface area (Å²) < 4.78 is 15.9. The zero-order valence-electron chi connectivity index (χ0n) is 14.5. The molecule has 3 rings (SSSR count). The van der Waals surface area contributed by atoms with Crippen molar-refractivity contribution in [2.45, 2.75) is 13.0 Å². The van der Waals surface area contributed by atoms with Crippen molar-refractivity contribution in [2.24, 2.45) is 0 Å². The topological polar surface area (TPSA) is 118 Å². The third kappa shape index (κ3) is 4.09. The molecule has 9 nitrogen and oxygen atoms in total. The minimum Gasteiger partial charge on any atom is -0.497 e. The van der Waals surface area contributed by atoms with Crippen LogP contribution in [0.1, 0.15) is 29.3 Å². The van der Waals surface area contributed by atoms with Gasteiger partial charge < -0.3 is 13.9 Å². The summed E-state index contributed by atoms with van der Waals surface area (Å²) in [5.41, 5.74) is 0.550. The Kier molecular flexibility index (Phi) is 5.11. The summed E-state index contributed by atoms with van der Waals surface area (Å²) in [7, 11) is 1.57. The minimum absolute atomic E-state index is 0.0611. The number of hydrogen-bond acceptors (Lipinski definition) is 8. The number of non-ortho nitro benzene ring substituents is 1. The van der Waals surface area contributed by atoms with Gasteiger partial charge in [0.25, 0.3) is 11.6 Å². The van der Waals surface area contributed by atoms with E-state index in [4.69, 9.17) is 13.9 Å². The molecule has 0 radical (unpaired) electrons. The Labute approximate surface area is 153 Å². The molecular weight excluding hydrogens is 354 g/mol. The summed E-state index contributed by atoms with van der Waals surface area (Å²) in [5, 5.41) is 18.6. The molecule has 0 N–H and O–H groups in total. The number of aromatic nitrogens is 2. The van der Waals surface area contributed by atoms with Gasteiger partial charge in [-0.15, -0.1) is 10.2 Å². The number of carbonyl (C=O) groups is 1. The van der Waals surface area contributed by atoms with Gasteiger partial charge in [-0.1, -0.05) is 6.07 Å². The number of methoxy groups -OCH3 is 1. The number of hydrogen-bond donors (Lipinski definition) is 0. The average Bonchev–Trinajstić information content (AvgIpc) is 3.18. The van der Waals surface area contributed by atoms with Gasteiger partial charge in [0.1, 0.15) is 5.75 Å². The van der Waals surface area contributed by atoms with Crippen LogP contribution >= 0.6 is 0 Å². The second-order valence-corrected chi connectivity index (χ2v) is 5.53. The van der Waals surface area contributed by atoms with Gasteiger partial charge in [-0.2, -0.15) is 0 Å². The Morgan fingerprint density at radius 2 is 1.93 bits per heavy atom. The molecule has 0 amide bonds. The molecule has 27 heavy (non-hydrogen) atoms. The maximum absolute atomic E-state index is 12.2. The van der Waals surface area contributed by atoms with E-state index in [1.165, 1.54) is 18.2 Å². The lowest BCUT2D eigenvalue weighted by Crippen LogP contribution is -2.09. The molecule has 0 unspecified atom stereocenters. The first-order valence-electron chi connectivity index (χ1n) is 7.91. The SMILES string of the molecule is COc1ccc(-c2nnc([C@@H](C)OC(=O)c3cccc([N+](=O)[O-])c3)o2)cc1. The lowest BCUT2D eigenvalue weighted by atomic mass is 10.2. The van der Waals surface area contributed by atoms with Crippen LogP contribution in [-0.4, -0.2) is 28.2 Å². The molecule has 0 aliphatic carbocycles. The predicted octanol–water partition coefficient (Wildman–Crippen LogP) is 3.57. The lowest BCUT2D eigenvalue weighted by Gasteiger charge is -2.09. The van der Waals surface area contributed by atoms with Crippen LogP contribution in [0.15, 0.2) is 52.9 Å². The van der Waals surface area contributed by atoms with Crippen LogP contribution in [0.4, 0.5) is 5.69 Å². The van der Waals surface area contributed by atoms with E-state index in [-0.39, 0.29) is 23.0 Å². The third-order valence-corrected chi connectivity index (χ3v) is 3.70. The van der Waals surface area contributed by atoms with Gasteiger partial charge in [0.15, 0.2) is 6.10 Å². The number of carbonyl (C=O) groups excluding carboxylic acids is 1. The normalized spacial score (nSPS) is 11.6. The summed E-state index contributed by atoms with van der Waals surface area (Å²) in [6.45, 7) is 1.57. The van der Waals surface area contributed by atoms with Crippen LogP contribution in [-0.2, 0) is 4.74 Å². The van der Waals surface area contributed by atoms with Crippen molar-refractivity contribution in [1.29, 1.82) is 0 Å². The highest BCUT2D eigenvalue weighted by Crippen LogP contribution is 2.25. The summed E-state index contributed by atoms with van der Waals surface area (Å²) in [6.07, 6.45) is -0.823. The molecule has 3 aromatic rings. The standard InChI is InChI=1S/C18H15N3O6/c1-11(26-18(22)13-4-3-5-14(10-13)21(23)24)16-19-20-17(27-16)12-6-8-15(25-2)9-7-12/h3-11H,1-2H3/t11-/m1/s1. The molecule has 9 heteroatoms. The van der Waals surface area contributed by atoms with E-state index in [2.05, 4.69) is 10.2 Å². The van der Waals surface area contributed by atoms with Crippen LogP contribution in [0.3, 0.4) is 0 Å². The summed E-state index contributed by atoms with van der Waals surface area (Å²) in [4.78, 5) is 22.4. The van der Waals surface area contributed by atoms with Gasteiger partial charge in [0.2, 0.25) is 5.89 Å². The van der Waals surface area contributed by atoms with Crippen molar-refractivity contribution >= 4 is 11.7 Å². The molecule has 0 fully saturated rings. The van der Waals surface area contributed by atoms with Crippen molar-refractivity contribution in [3.63, 3.8) is 0 Å². The molecule has 2 aromatic carbocycles. The summed E-state index contributed by atoms with van der Waals surface area (Å²) in [6, 6.07) is 12.3. The fourth-order valence-corrected chi connectivity index (χ4v) is 2.27. The van der Waals surface area contributed by atoms with Gasteiger partial charge in [-0.3, -0.25) is 10.1 Å². The lowest BCUT2D eigenvalue weighted by molar-refractivity contribution is -0.384. The molecule has 1 heterocycles. The molecular formula is C18H15N3O6. The highest BCUT2D eigenvalue weighted by Gasteiger charge is 2.21. The fraction of sp³-hybridized carbons (Fsp3) is 0.167. The molecule has 0 saturated heterocycles. The maximum atomic E-state index is 12.2. The van der Waals surface area contributed by atoms with Crippen molar-refractivity contribution < 1.29 is 23.6 Å². The van der Waals surface area contributed by atoms with Crippen LogP contribution in [0, 0.1) is 10.1 Å². The molecule has 0 aliphatic heterocycles. The van der Waals surface area contributed by atoms with Gasteiger partial charge in [0.05, 0.1) is 17.6 Å². The molecule has 138 valence electrons. The monoisotopic (exact) mass is 369 g/mol. The van der Waals surface area contributed by atoms with Gasteiger partial charge in [-0.25, -0.2) is 4.79 Å². The Morgan fingerprint density at radius 1 is 1.19 bits per heavy atom. The fourth-order valence-electron chi connectivity index (χ4n) is 2.27. The number of nitro groups is 1. The number of nitrogens with zero attached hydrogens (tertiary/aromatic N) is 3. The maximum Gasteiger partial charge on any atom is 0.339 e. The first-order valence-corrected chi connectivity index (χ1v) is 7.91. The zero-order valence-corrected chi connectivity index (χ0v) is 14.5. The summed E-state index contributed by atoms with van der Waals surface area (Å²) in [5.74, 6) is 0.346. The van der Waals surface area contributed by atoms with E-state index in [1.54, 1.807) is 38.3 Å². The van der Waals surface area contributed by atoms with E-state index in [0.717, 1.165) is 6.07 Å². The van der Waals surface area contributed by atoms with Crippen LogP contribution in [0.25, 0.3) is 11.5 Å². The smallest absolute Gasteiger partial charge is 0.339 e. The van der Waals surface area contributed by atoms with Crippen molar-refractivity contribution in [3.05, 3.63) is 70.1 Å². The predicted molar refractivity (Wildman–Crippen MR) is 93.2 cm³/mol.